The fourth-order valence-electron chi connectivity index (χ4n) is 4.93. The highest BCUT2D eigenvalue weighted by Crippen LogP contribution is 2.32. The Kier molecular flexibility index (Phi) is 7.09. The molecule has 1 aromatic carbocycles. The summed E-state index contributed by atoms with van der Waals surface area (Å²) in [7, 11) is 0. The van der Waals surface area contributed by atoms with Crippen molar-refractivity contribution in [3.8, 4) is 22.9 Å². The van der Waals surface area contributed by atoms with Crippen molar-refractivity contribution in [2.24, 2.45) is 5.73 Å². The van der Waals surface area contributed by atoms with Gasteiger partial charge >= 0.3 is 0 Å². The molecule has 0 saturated carbocycles. The van der Waals surface area contributed by atoms with E-state index in [4.69, 9.17) is 21.4 Å². The summed E-state index contributed by atoms with van der Waals surface area (Å²) >= 11 is 0. The first-order valence-corrected chi connectivity index (χ1v) is 13.2. The summed E-state index contributed by atoms with van der Waals surface area (Å²) < 4.78 is 27.8. The molecule has 0 bridgehead atoms. The highest BCUT2D eigenvalue weighted by molar-refractivity contribution is 5.92. The maximum absolute atomic E-state index is 12.0. The van der Waals surface area contributed by atoms with Crippen LogP contribution < -0.4 is 11.5 Å². The molecule has 0 radical (unpaired) electrons. The maximum atomic E-state index is 12.0. The van der Waals surface area contributed by atoms with E-state index >= 15 is 0 Å². The van der Waals surface area contributed by atoms with Crippen molar-refractivity contribution in [3.05, 3.63) is 108 Å². The summed E-state index contributed by atoms with van der Waals surface area (Å²) in [5.74, 6) is 1.18. The molecule has 4 N–H and O–H groups in total. The quantitative estimate of drug-likeness (QED) is 0.304. The molecule has 5 aromatic heterocycles. The highest BCUT2D eigenvalue weighted by atomic mass is 19.3. The molecular formula is C30H25F2N9O. The Bertz CT molecular complexity index is 1900. The van der Waals surface area contributed by atoms with Crippen LogP contribution in [0.5, 0.6) is 0 Å². The molecule has 5 heterocycles. The second-order valence-corrected chi connectivity index (χ2v) is 9.61. The lowest BCUT2D eigenvalue weighted by atomic mass is 10.1. The van der Waals surface area contributed by atoms with Crippen LogP contribution in [0.2, 0.25) is 0 Å². The third kappa shape index (κ3) is 5.17. The third-order valence-electron chi connectivity index (χ3n) is 6.94. The van der Waals surface area contributed by atoms with Gasteiger partial charge in [-0.1, -0.05) is 6.07 Å². The van der Waals surface area contributed by atoms with Gasteiger partial charge in [-0.3, -0.25) is 14.3 Å². The van der Waals surface area contributed by atoms with Crippen molar-refractivity contribution in [1.82, 2.24) is 34.3 Å². The summed E-state index contributed by atoms with van der Waals surface area (Å²) in [6.45, 7) is 0. The zero-order valence-electron chi connectivity index (χ0n) is 22.2. The first-order valence-electron chi connectivity index (χ1n) is 13.2. The number of pyridine rings is 3. The lowest BCUT2D eigenvalue weighted by molar-refractivity contribution is 0.0999. The molecule has 1 aliphatic rings. The number of carbonyl (C=O) groups is 1. The van der Waals surface area contributed by atoms with E-state index in [0.717, 1.165) is 59.2 Å². The second-order valence-electron chi connectivity index (χ2n) is 9.61. The number of fused-ring (bicyclic) bond motifs is 2. The van der Waals surface area contributed by atoms with Gasteiger partial charge in [0.15, 0.2) is 17.3 Å². The van der Waals surface area contributed by atoms with Gasteiger partial charge < -0.3 is 11.5 Å². The van der Waals surface area contributed by atoms with Crippen LogP contribution in [0.15, 0.2) is 85.5 Å². The lowest BCUT2D eigenvalue weighted by Crippen LogP contribution is -2.11. The fraction of sp³-hybridized carbons (Fsp3) is 0.133. The van der Waals surface area contributed by atoms with Crippen LogP contribution in [0.1, 0.15) is 40.0 Å². The number of alkyl halides is 2. The van der Waals surface area contributed by atoms with E-state index in [1.807, 2.05) is 36.5 Å². The molecule has 1 aliphatic carbocycles. The van der Waals surface area contributed by atoms with E-state index < -0.39 is 18.0 Å². The molecule has 12 heteroatoms. The fourth-order valence-corrected chi connectivity index (χ4v) is 4.93. The lowest BCUT2D eigenvalue weighted by Gasteiger charge is -2.12. The number of aryl methyl sites for hydroxylation is 2. The van der Waals surface area contributed by atoms with Crippen LogP contribution in [0.3, 0.4) is 0 Å². The van der Waals surface area contributed by atoms with Crippen molar-refractivity contribution in [1.29, 1.82) is 0 Å². The smallest absolute Gasteiger partial charge is 0.280 e. The third-order valence-corrected chi connectivity index (χ3v) is 6.94. The molecular weight excluding hydrogens is 540 g/mol. The zero-order chi connectivity index (χ0) is 29.2. The molecule has 0 spiro atoms. The Morgan fingerprint density at radius 3 is 2.52 bits per heavy atom. The van der Waals surface area contributed by atoms with Crippen LogP contribution in [0.25, 0.3) is 34.1 Å². The molecule has 42 heavy (non-hydrogen) atoms. The number of nitrogen functional groups attached to an aromatic ring is 1. The van der Waals surface area contributed by atoms with E-state index in [1.54, 1.807) is 17.1 Å². The van der Waals surface area contributed by atoms with Gasteiger partial charge in [0.25, 0.3) is 6.43 Å². The van der Waals surface area contributed by atoms with Gasteiger partial charge in [0.1, 0.15) is 17.0 Å². The van der Waals surface area contributed by atoms with Gasteiger partial charge in [-0.15, -0.1) is 0 Å². The van der Waals surface area contributed by atoms with Gasteiger partial charge in [0.2, 0.25) is 5.91 Å². The van der Waals surface area contributed by atoms with Crippen LogP contribution in [0.4, 0.5) is 14.6 Å². The van der Waals surface area contributed by atoms with Crippen LogP contribution in [-0.2, 0) is 12.8 Å². The summed E-state index contributed by atoms with van der Waals surface area (Å²) in [5.41, 5.74) is 16.9. The number of primary amides is 1. The number of anilines is 1. The number of carbonyl (C=O) groups excluding carboxylic acids is 1. The standard InChI is InChI=1S/C23H19N7.C7H6F2N2O/c24-21-18(6-2-11-25-21)22-27-19-9-10-20(29-13-3-12-26-29)28-23(19)30(22)17-8-7-15-4-1-5-16(15)14-17;8-6(9)5-3-4(7(10)12)1-2-11-5/h2-3,6-14H,1,4-5H2,(H2,24,25);1-3,6H,(H2,10,12). The Hall–Kier alpha value is -5.52. The van der Waals surface area contributed by atoms with E-state index in [9.17, 15) is 13.6 Å². The molecule has 210 valence electrons. The highest BCUT2D eigenvalue weighted by Gasteiger charge is 2.20. The van der Waals surface area contributed by atoms with E-state index in [0.29, 0.717) is 5.82 Å². The SMILES string of the molecule is NC(=O)c1ccnc(C(F)F)c1.Nc1ncccc1-c1nc2ccc(-n3cccn3)nc2n1-c1ccc2c(c1)CCC2. The zero-order valence-corrected chi connectivity index (χ0v) is 22.2. The number of aromatic nitrogens is 7. The molecule has 1 amide bonds. The predicted molar refractivity (Wildman–Crippen MR) is 153 cm³/mol. The van der Waals surface area contributed by atoms with Gasteiger partial charge in [0, 0.05) is 36.0 Å². The number of rotatable bonds is 5. The number of hydrogen-bond donors (Lipinski definition) is 2. The molecule has 7 rings (SSSR count). The number of hydrogen-bond acceptors (Lipinski definition) is 7. The minimum absolute atomic E-state index is 0.0419. The minimum atomic E-state index is -2.68. The van der Waals surface area contributed by atoms with Crippen molar-refractivity contribution in [3.63, 3.8) is 0 Å². The van der Waals surface area contributed by atoms with Gasteiger partial charge in [-0.2, -0.15) is 5.10 Å². The van der Waals surface area contributed by atoms with E-state index in [1.165, 1.54) is 23.6 Å². The monoisotopic (exact) mass is 565 g/mol. The average Bonchev–Trinajstić information content (AvgIpc) is 3.77. The minimum Gasteiger partial charge on any atom is -0.383 e. The van der Waals surface area contributed by atoms with Gasteiger partial charge in [-0.05, 0) is 85.0 Å². The first kappa shape index (κ1) is 26.7. The maximum Gasteiger partial charge on any atom is 0.280 e. The number of imidazole rings is 1. The van der Waals surface area contributed by atoms with Gasteiger partial charge in [-0.25, -0.2) is 28.4 Å². The van der Waals surface area contributed by atoms with Crippen molar-refractivity contribution >= 4 is 22.9 Å². The van der Waals surface area contributed by atoms with Crippen molar-refractivity contribution in [2.75, 3.05) is 5.73 Å². The molecule has 0 aliphatic heterocycles. The predicted octanol–water partition coefficient (Wildman–Crippen LogP) is 4.86. The number of amides is 1. The van der Waals surface area contributed by atoms with E-state index in [-0.39, 0.29) is 5.56 Å². The van der Waals surface area contributed by atoms with Crippen molar-refractivity contribution in [2.45, 2.75) is 25.7 Å². The van der Waals surface area contributed by atoms with Crippen LogP contribution in [0, 0.1) is 0 Å². The number of nitrogens with zero attached hydrogens (tertiary/aromatic N) is 7. The Morgan fingerprint density at radius 2 is 1.76 bits per heavy atom. The number of halogens is 2. The van der Waals surface area contributed by atoms with Crippen molar-refractivity contribution < 1.29 is 13.6 Å². The summed E-state index contributed by atoms with van der Waals surface area (Å²) in [6, 6.07) is 18.5. The molecule has 0 fully saturated rings. The van der Waals surface area contributed by atoms with Crippen LogP contribution in [-0.4, -0.2) is 40.2 Å². The molecule has 0 atom stereocenters. The molecule has 6 aromatic rings. The number of benzene rings is 1. The molecule has 0 saturated heterocycles. The second kappa shape index (κ2) is 11.2. The van der Waals surface area contributed by atoms with Crippen LogP contribution >= 0.6 is 0 Å². The first-order chi connectivity index (χ1) is 20.4. The Balaban J connectivity index is 0.000000223. The summed E-state index contributed by atoms with van der Waals surface area (Å²) in [5, 5.41) is 4.32. The molecule has 0 unspecified atom stereocenters. The Morgan fingerprint density at radius 1 is 0.905 bits per heavy atom. The average molecular weight is 566 g/mol. The topological polar surface area (TPSA) is 143 Å². The Labute approximate surface area is 238 Å². The summed E-state index contributed by atoms with van der Waals surface area (Å²) in [4.78, 5) is 27.9. The largest absolute Gasteiger partial charge is 0.383 e. The normalized spacial score (nSPS) is 12.3. The van der Waals surface area contributed by atoms with E-state index in [2.05, 4.69) is 37.8 Å². The number of nitrogens with two attached hydrogens (primary N) is 2. The van der Waals surface area contributed by atoms with Gasteiger partial charge in [0.05, 0.1) is 5.56 Å². The summed E-state index contributed by atoms with van der Waals surface area (Å²) in [6.07, 6.45) is 7.21. The molecule has 10 nitrogen and oxygen atoms in total.